The number of hydrogen-bond acceptors (Lipinski definition) is 5. The van der Waals surface area contributed by atoms with E-state index in [1.165, 1.54) is 10.1 Å². The van der Waals surface area contributed by atoms with E-state index < -0.39 is 6.10 Å². The predicted molar refractivity (Wildman–Crippen MR) is 131 cm³/mol. The highest BCUT2D eigenvalue weighted by molar-refractivity contribution is 14.0. The van der Waals surface area contributed by atoms with Crippen molar-refractivity contribution in [2.24, 2.45) is 4.99 Å². The van der Waals surface area contributed by atoms with Crippen molar-refractivity contribution >= 4 is 51.4 Å². The maximum atomic E-state index is 10.5. The van der Waals surface area contributed by atoms with Gasteiger partial charge in [-0.2, -0.15) is 0 Å². The maximum Gasteiger partial charge on any atom is 0.191 e. The van der Waals surface area contributed by atoms with Crippen LogP contribution >= 0.6 is 35.3 Å². The summed E-state index contributed by atoms with van der Waals surface area (Å²) in [6, 6.07) is 10.2. The summed E-state index contributed by atoms with van der Waals surface area (Å²) >= 11 is 1.62. The van der Waals surface area contributed by atoms with Gasteiger partial charge in [0, 0.05) is 42.5 Å². The average Bonchev–Trinajstić information content (AvgIpc) is 3.16. The third-order valence-corrected chi connectivity index (χ3v) is 5.89. The molecule has 3 N–H and O–H groups in total. The second kappa shape index (κ2) is 13.4. The number of thiophene rings is 1. The number of aliphatic imine (C=N–C) groups is 1. The van der Waals surface area contributed by atoms with Gasteiger partial charge in [0.2, 0.25) is 0 Å². The largest absolute Gasteiger partial charge is 0.386 e. The number of nitrogens with one attached hydrogen (secondary N) is 2. The molecule has 0 spiro atoms. The van der Waals surface area contributed by atoms with Crippen molar-refractivity contribution in [2.75, 3.05) is 39.5 Å². The highest BCUT2D eigenvalue weighted by Crippen LogP contribution is 2.29. The molecule has 2 aromatic rings. The molecule has 0 bridgehead atoms. The summed E-state index contributed by atoms with van der Waals surface area (Å²) in [5.41, 5.74) is 0. The monoisotopic (exact) mass is 533 g/mol. The van der Waals surface area contributed by atoms with Gasteiger partial charge in [0.15, 0.2) is 5.96 Å². The van der Waals surface area contributed by atoms with E-state index in [9.17, 15) is 5.11 Å². The Balaban J connectivity index is 0.00000300. The molecule has 0 amide bonds. The van der Waals surface area contributed by atoms with Gasteiger partial charge in [0.25, 0.3) is 0 Å². The van der Waals surface area contributed by atoms with Crippen LogP contribution < -0.4 is 10.6 Å². The van der Waals surface area contributed by atoms with E-state index in [1.54, 1.807) is 11.3 Å². The lowest BCUT2D eigenvalue weighted by atomic mass is 10.1. The summed E-state index contributed by atoms with van der Waals surface area (Å²) in [6.07, 6.45) is 2.65. The number of nitrogens with zero attached hydrogens (tertiary/aromatic N) is 1. The minimum absolute atomic E-state index is 0. The standard InChI is InChI=1S/C21H31N3O3S.HI/c1-2-22-21(23-10-5-11-27-17-8-12-26-13-9-17)24-15-18(25)20-14-16-6-3-4-7-19(16)28-20;/h3-4,6-7,14,17-18,25H,2,5,8-13,15H2,1H3,(H2,22,23,24);1H. The molecule has 0 radical (unpaired) electrons. The Bertz CT molecular complexity index is 717. The highest BCUT2D eigenvalue weighted by Gasteiger charge is 2.14. The van der Waals surface area contributed by atoms with Crippen LogP contribution in [-0.2, 0) is 9.47 Å². The molecule has 8 heteroatoms. The molecule has 1 aromatic carbocycles. The molecule has 29 heavy (non-hydrogen) atoms. The van der Waals surface area contributed by atoms with Gasteiger partial charge in [0.05, 0.1) is 12.6 Å². The van der Waals surface area contributed by atoms with Crippen LogP contribution in [0.1, 0.15) is 37.2 Å². The van der Waals surface area contributed by atoms with Crippen LogP contribution in [0.25, 0.3) is 10.1 Å². The SMILES string of the molecule is CCNC(=NCC(O)c1cc2ccccc2s1)NCCCOC1CCOCC1.I. The fourth-order valence-corrected chi connectivity index (χ4v) is 4.19. The number of rotatable bonds is 9. The maximum absolute atomic E-state index is 10.5. The molecule has 1 unspecified atom stereocenters. The normalized spacial score (nSPS) is 16.4. The quantitative estimate of drug-likeness (QED) is 0.199. The lowest BCUT2D eigenvalue weighted by molar-refractivity contribution is -0.0320. The minimum Gasteiger partial charge on any atom is -0.386 e. The van der Waals surface area contributed by atoms with E-state index >= 15 is 0 Å². The Kier molecular flexibility index (Phi) is 11.2. The van der Waals surface area contributed by atoms with Gasteiger partial charge in [-0.05, 0) is 43.7 Å². The minimum atomic E-state index is -0.593. The first-order chi connectivity index (χ1) is 13.8. The van der Waals surface area contributed by atoms with E-state index in [4.69, 9.17) is 9.47 Å². The number of guanidine groups is 1. The van der Waals surface area contributed by atoms with Crippen LogP contribution in [0.2, 0.25) is 0 Å². The molecule has 2 heterocycles. The van der Waals surface area contributed by atoms with Gasteiger partial charge in [0.1, 0.15) is 6.10 Å². The molecule has 6 nitrogen and oxygen atoms in total. The molecule has 3 rings (SSSR count). The molecule has 1 saturated heterocycles. The topological polar surface area (TPSA) is 75.1 Å². The van der Waals surface area contributed by atoms with Gasteiger partial charge < -0.3 is 25.2 Å². The van der Waals surface area contributed by atoms with Crippen molar-refractivity contribution in [1.82, 2.24) is 10.6 Å². The third-order valence-electron chi connectivity index (χ3n) is 4.68. The summed E-state index contributed by atoms with van der Waals surface area (Å²) in [5, 5.41) is 18.2. The molecule has 1 atom stereocenters. The lowest BCUT2D eigenvalue weighted by Crippen LogP contribution is -2.38. The van der Waals surface area contributed by atoms with Gasteiger partial charge in [-0.3, -0.25) is 4.99 Å². The molecular weight excluding hydrogens is 501 g/mol. The Morgan fingerprint density at radius 2 is 2.10 bits per heavy atom. The number of aliphatic hydroxyl groups is 1. The number of ether oxygens (including phenoxy) is 2. The second-order valence-corrected chi connectivity index (χ2v) is 8.00. The van der Waals surface area contributed by atoms with Gasteiger partial charge in [-0.25, -0.2) is 0 Å². The fraction of sp³-hybridized carbons (Fsp3) is 0.571. The van der Waals surface area contributed by atoms with Crippen LogP contribution in [0.15, 0.2) is 35.3 Å². The van der Waals surface area contributed by atoms with Crippen molar-refractivity contribution in [2.45, 2.75) is 38.4 Å². The molecular formula is C21H32IN3O3S. The van der Waals surface area contributed by atoms with Crippen LogP contribution in [-0.4, -0.2) is 56.6 Å². The predicted octanol–water partition coefficient (Wildman–Crippen LogP) is 3.69. The summed E-state index contributed by atoms with van der Waals surface area (Å²) in [4.78, 5) is 5.49. The van der Waals surface area contributed by atoms with Gasteiger partial charge in [-0.15, -0.1) is 35.3 Å². The van der Waals surface area contributed by atoms with Crippen molar-refractivity contribution in [3.05, 3.63) is 35.2 Å². The van der Waals surface area contributed by atoms with E-state index in [0.29, 0.717) is 12.6 Å². The summed E-state index contributed by atoms with van der Waals surface area (Å²) < 4.78 is 12.4. The summed E-state index contributed by atoms with van der Waals surface area (Å²) in [7, 11) is 0. The summed E-state index contributed by atoms with van der Waals surface area (Å²) in [6.45, 7) is 6.29. The Labute approximate surface area is 194 Å². The van der Waals surface area contributed by atoms with E-state index in [0.717, 1.165) is 63.0 Å². The Hall–Kier alpha value is -0.940. The molecule has 1 fully saturated rings. The third kappa shape index (κ3) is 8.01. The number of hydrogen-bond donors (Lipinski definition) is 3. The lowest BCUT2D eigenvalue weighted by Gasteiger charge is -2.22. The zero-order valence-corrected chi connectivity index (χ0v) is 20.1. The van der Waals surface area contributed by atoms with Crippen molar-refractivity contribution in [3.63, 3.8) is 0 Å². The van der Waals surface area contributed by atoms with Gasteiger partial charge in [-0.1, -0.05) is 18.2 Å². The zero-order chi connectivity index (χ0) is 19.6. The first-order valence-electron chi connectivity index (χ1n) is 10.1. The van der Waals surface area contributed by atoms with E-state index in [1.807, 2.05) is 25.1 Å². The van der Waals surface area contributed by atoms with Crippen molar-refractivity contribution in [3.8, 4) is 0 Å². The van der Waals surface area contributed by atoms with Crippen molar-refractivity contribution < 1.29 is 14.6 Å². The fourth-order valence-electron chi connectivity index (χ4n) is 3.15. The molecule has 0 aliphatic carbocycles. The first-order valence-corrected chi connectivity index (χ1v) is 11.0. The smallest absolute Gasteiger partial charge is 0.191 e. The number of fused-ring (bicyclic) bond motifs is 1. The van der Waals surface area contributed by atoms with Crippen LogP contribution in [0.5, 0.6) is 0 Å². The molecule has 162 valence electrons. The average molecular weight is 533 g/mol. The van der Waals surface area contributed by atoms with Crippen LogP contribution in [0.3, 0.4) is 0 Å². The number of aliphatic hydroxyl groups excluding tert-OH is 1. The van der Waals surface area contributed by atoms with E-state index in [-0.39, 0.29) is 24.0 Å². The van der Waals surface area contributed by atoms with Crippen LogP contribution in [0.4, 0.5) is 0 Å². The Morgan fingerprint density at radius 1 is 1.31 bits per heavy atom. The zero-order valence-electron chi connectivity index (χ0n) is 16.9. The number of benzene rings is 1. The molecule has 1 aliphatic rings. The Morgan fingerprint density at radius 3 is 2.86 bits per heavy atom. The second-order valence-electron chi connectivity index (χ2n) is 6.88. The van der Waals surface area contributed by atoms with Gasteiger partial charge >= 0.3 is 0 Å². The van der Waals surface area contributed by atoms with Crippen LogP contribution in [0, 0.1) is 0 Å². The van der Waals surface area contributed by atoms with Crippen molar-refractivity contribution in [1.29, 1.82) is 0 Å². The first kappa shape index (κ1) is 24.3. The molecule has 1 aromatic heterocycles. The number of halogens is 1. The van der Waals surface area contributed by atoms with E-state index in [2.05, 4.69) is 27.8 Å². The molecule has 1 aliphatic heterocycles. The molecule has 0 saturated carbocycles. The summed E-state index contributed by atoms with van der Waals surface area (Å²) in [5.74, 6) is 0.730. The highest BCUT2D eigenvalue weighted by atomic mass is 127.